The lowest BCUT2D eigenvalue weighted by Crippen LogP contribution is -2.21. The molecule has 0 saturated heterocycles. The highest BCUT2D eigenvalue weighted by Gasteiger charge is 2.24. The summed E-state index contributed by atoms with van der Waals surface area (Å²) in [5, 5.41) is 3.36. The number of benzene rings is 1. The van der Waals surface area contributed by atoms with Crippen LogP contribution in [0.25, 0.3) is 0 Å². The third kappa shape index (κ3) is 2.32. The summed E-state index contributed by atoms with van der Waals surface area (Å²) >= 11 is 0. The second-order valence-corrected chi connectivity index (χ2v) is 4.27. The van der Waals surface area contributed by atoms with Gasteiger partial charge in [0, 0.05) is 6.04 Å². The Labute approximate surface area is 91.6 Å². The minimum absolute atomic E-state index is 0.706. The number of hydrogen-bond acceptors (Lipinski definition) is 2. The van der Waals surface area contributed by atoms with Gasteiger partial charge in [0.1, 0.15) is 5.75 Å². The quantitative estimate of drug-likeness (QED) is 0.818. The third-order valence-corrected chi connectivity index (χ3v) is 3.43. The SMILES string of the molecule is CNC1CCC(c2ccc(OC)cc2)C1. The van der Waals surface area contributed by atoms with Crippen LogP contribution in [0.3, 0.4) is 0 Å². The van der Waals surface area contributed by atoms with Gasteiger partial charge < -0.3 is 10.1 Å². The first-order valence-corrected chi connectivity index (χ1v) is 5.64. The van der Waals surface area contributed by atoms with Crippen molar-refractivity contribution in [1.29, 1.82) is 0 Å². The maximum Gasteiger partial charge on any atom is 0.118 e. The van der Waals surface area contributed by atoms with Crippen molar-refractivity contribution < 1.29 is 4.74 Å². The van der Waals surface area contributed by atoms with Crippen LogP contribution in [-0.2, 0) is 0 Å². The standard InChI is InChI=1S/C13H19NO/c1-14-12-6-3-11(9-12)10-4-7-13(15-2)8-5-10/h4-5,7-8,11-12,14H,3,6,9H2,1-2H3. The Morgan fingerprint density at radius 1 is 1.20 bits per heavy atom. The van der Waals surface area contributed by atoms with Gasteiger partial charge in [0.25, 0.3) is 0 Å². The van der Waals surface area contributed by atoms with E-state index in [1.165, 1.54) is 24.8 Å². The van der Waals surface area contributed by atoms with E-state index in [0.717, 1.165) is 11.7 Å². The van der Waals surface area contributed by atoms with Gasteiger partial charge in [-0.25, -0.2) is 0 Å². The first-order chi connectivity index (χ1) is 7.33. The lowest BCUT2D eigenvalue weighted by Gasteiger charge is -2.11. The summed E-state index contributed by atoms with van der Waals surface area (Å²) in [6, 6.07) is 9.21. The van der Waals surface area contributed by atoms with E-state index in [2.05, 4.69) is 36.6 Å². The molecular formula is C13H19NO. The van der Waals surface area contributed by atoms with Gasteiger partial charge in [-0.1, -0.05) is 12.1 Å². The summed E-state index contributed by atoms with van der Waals surface area (Å²) in [5.41, 5.74) is 1.45. The number of methoxy groups -OCH3 is 1. The van der Waals surface area contributed by atoms with E-state index in [-0.39, 0.29) is 0 Å². The van der Waals surface area contributed by atoms with Gasteiger partial charge in [-0.05, 0) is 49.9 Å². The molecule has 2 heteroatoms. The zero-order chi connectivity index (χ0) is 10.7. The molecule has 1 fully saturated rings. The second kappa shape index (κ2) is 4.67. The van der Waals surface area contributed by atoms with Gasteiger partial charge in [-0.15, -0.1) is 0 Å². The average Bonchev–Trinajstić information content (AvgIpc) is 2.78. The Morgan fingerprint density at radius 3 is 2.47 bits per heavy atom. The second-order valence-electron chi connectivity index (χ2n) is 4.27. The van der Waals surface area contributed by atoms with Gasteiger partial charge in [-0.3, -0.25) is 0 Å². The molecule has 0 spiro atoms. The van der Waals surface area contributed by atoms with Crippen molar-refractivity contribution in [2.75, 3.05) is 14.2 Å². The summed E-state index contributed by atoms with van der Waals surface area (Å²) in [6.45, 7) is 0. The predicted octanol–water partition coefficient (Wildman–Crippen LogP) is 2.55. The van der Waals surface area contributed by atoms with Gasteiger partial charge in [0.2, 0.25) is 0 Å². The Balaban J connectivity index is 2.04. The van der Waals surface area contributed by atoms with Crippen molar-refractivity contribution in [3.8, 4) is 5.75 Å². The Bertz CT molecular complexity index is 307. The van der Waals surface area contributed by atoms with Crippen LogP contribution in [0.5, 0.6) is 5.75 Å². The lowest BCUT2D eigenvalue weighted by atomic mass is 9.97. The van der Waals surface area contributed by atoms with Crippen LogP contribution in [0.1, 0.15) is 30.7 Å². The van der Waals surface area contributed by atoms with E-state index in [9.17, 15) is 0 Å². The number of nitrogens with one attached hydrogen (secondary N) is 1. The fourth-order valence-electron chi connectivity index (χ4n) is 2.42. The molecule has 1 N–H and O–H groups in total. The molecule has 1 aliphatic carbocycles. The molecule has 1 aromatic rings. The van der Waals surface area contributed by atoms with Crippen molar-refractivity contribution in [1.82, 2.24) is 5.32 Å². The largest absolute Gasteiger partial charge is 0.497 e. The highest BCUT2D eigenvalue weighted by molar-refractivity contribution is 5.30. The summed E-state index contributed by atoms with van der Waals surface area (Å²) < 4.78 is 5.16. The minimum atomic E-state index is 0.706. The zero-order valence-corrected chi connectivity index (χ0v) is 9.49. The molecule has 0 radical (unpaired) electrons. The van der Waals surface area contributed by atoms with E-state index in [4.69, 9.17) is 4.74 Å². The monoisotopic (exact) mass is 205 g/mol. The highest BCUT2D eigenvalue weighted by atomic mass is 16.5. The molecule has 15 heavy (non-hydrogen) atoms. The van der Waals surface area contributed by atoms with E-state index in [0.29, 0.717) is 6.04 Å². The molecule has 0 heterocycles. The fraction of sp³-hybridized carbons (Fsp3) is 0.538. The van der Waals surface area contributed by atoms with Gasteiger partial charge in [-0.2, -0.15) is 0 Å². The summed E-state index contributed by atoms with van der Waals surface area (Å²) in [4.78, 5) is 0. The molecule has 0 amide bonds. The van der Waals surface area contributed by atoms with Crippen molar-refractivity contribution in [2.24, 2.45) is 0 Å². The smallest absolute Gasteiger partial charge is 0.118 e. The maximum atomic E-state index is 5.16. The number of hydrogen-bond donors (Lipinski definition) is 1. The maximum absolute atomic E-state index is 5.16. The van der Waals surface area contributed by atoms with E-state index < -0.39 is 0 Å². The Morgan fingerprint density at radius 2 is 1.93 bits per heavy atom. The molecule has 2 atom stereocenters. The van der Waals surface area contributed by atoms with Crippen LogP contribution in [0.15, 0.2) is 24.3 Å². The van der Waals surface area contributed by atoms with Crippen molar-refractivity contribution in [3.63, 3.8) is 0 Å². The van der Waals surface area contributed by atoms with Crippen molar-refractivity contribution in [3.05, 3.63) is 29.8 Å². The normalized spacial score (nSPS) is 25.5. The summed E-state index contributed by atoms with van der Waals surface area (Å²) in [7, 11) is 3.77. The molecule has 1 aromatic carbocycles. The molecule has 1 saturated carbocycles. The van der Waals surface area contributed by atoms with Crippen LogP contribution in [0, 0.1) is 0 Å². The van der Waals surface area contributed by atoms with Crippen LogP contribution < -0.4 is 10.1 Å². The molecule has 2 nitrogen and oxygen atoms in total. The zero-order valence-electron chi connectivity index (χ0n) is 9.49. The van der Waals surface area contributed by atoms with Crippen LogP contribution in [-0.4, -0.2) is 20.2 Å². The molecule has 82 valence electrons. The molecule has 0 aromatic heterocycles. The van der Waals surface area contributed by atoms with Gasteiger partial charge in [0.05, 0.1) is 7.11 Å². The molecule has 2 unspecified atom stereocenters. The molecular weight excluding hydrogens is 186 g/mol. The Hall–Kier alpha value is -1.02. The topological polar surface area (TPSA) is 21.3 Å². The predicted molar refractivity (Wildman–Crippen MR) is 62.4 cm³/mol. The van der Waals surface area contributed by atoms with Crippen LogP contribution >= 0.6 is 0 Å². The Kier molecular flexibility index (Phi) is 3.27. The summed E-state index contributed by atoms with van der Waals surface area (Å²) in [5.74, 6) is 1.68. The highest BCUT2D eigenvalue weighted by Crippen LogP contribution is 2.34. The first kappa shape index (κ1) is 10.5. The van der Waals surface area contributed by atoms with Crippen LogP contribution in [0.2, 0.25) is 0 Å². The molecule has 0 bridgehead atoms. The first-order valence-electron chi connectivity index (χ1n) is 5.64. The number of rotatable bonds is 3. The third-order valence-electron chi connectivity index (χ3n) is 3.43. The average molecular weight is 205 g/mol. The lowest BCUT2D eigenvalue weighted by molar-refractivity contribution is 0.414. The van der Waals surface area contributed by atoms with Gasteiger partial charge in [0.15, 0.2) is 0 Å². The molecule has 1 aliphatic rings. The van der Waals surface area contributed by atoms with Crippen molar-refractivity contribution in [2.45, 2.75) is 31.2 Å². The summed E-state index contributed by atoms with van der Waals surface area (Å²) in [6.07, 6.45) is 3.87. The minimum Gasteiger partial charge on any atom is -0.497 e. The molecule has 2 rings (SSSR count). The van der Waals surface area contributed by atoms with E-state index in [1.54, 1.807) is 7.11 Å². The van der Waals surface area contributed by atoms with E-state index in [1.807, 2.05) is 0 Å². The molecule has 0 aliphatic heterocycles. The number of ether oxygens (including phenoxy) is 1. The van der Waals surface area contributed by atoms with Crippen LogP contribution in [0.4, 0.5) is 0 Å². The van der Waals surface area contributed by atoms with E-state index >= 15 is 0 Å². The van der Waals surface area contributed by atoms with Gasteiger partial charge >= 0.3 is 0 Å². The fourth-order valence-corrected chi connectivity index (χ4v) is 2.42. The van der Waals surface area contributed by atoms with Crippen molar-refractivity contribution >= 4 is 0 Å².